The molecular formula is C12H25NO3. The standard InChI is InChI=1S/C12H25NO3/c1-6-7-15-10(5)11(8(2)3)16-12(14)9(4)13/h8-11H,6-7,13H2,1-5H3/t9-,10-,11-/m0/s1. The first-order valence-electron chi connectivity index (χ1n) is 5.97. The molecule has 0 aliphatic carbocycles. The zero-order valence-corrected chi connectivity index (χ0v) is 11.0. The molecule has 0 rings (SSSR count). The minimum absolute atomic E-state index is 0.0948. The van der Waals surface area contributed by atoms with Gasteiger partial charge in [0.25, 0.3) is 0 Å². The quantitative estimate of drug-likeness (QED) is 0.678. The fourth-order valence-electron chi connectivity index (χ4n) is 1.41. The Morgan fingerprint density at radius 2 is 1.81 bits per heavy atom. The summed E-state index contributed by atoms with van der Waals surface area (Å²) in [6, 6.07) is -0.584. The third kappa shape index (κ3) is 5.47. The molecule has 0 amide bonds. The highest BCUT2D eigenvalue weighted by Crippen LogP contribution is 2.15. The predicted molar refractivity (Wildman–Crippen MR) is 64.1 cm³/mol. The second-order valence-electron chi connectivity index (χ2n) is 4.51. The molecule has 0 fully saturated rings. The third-order valence-electron chi connectivity index (χ3n) is 2.33. The molecule has 3 atom stereocenters. The maximum Gasteiger partial charge on any atom is 0.322 e. The van der Waals surface area contributed by atoms with Crippen molar-refractivity contribution in [1.82, 2.24) is 0 Å². The van der Waals surface area contributed by atoms with Gasteiger partial charge in [-0.1, -0.05) is 20.8 Å². The van der Waals surface area contributed by atoms with Crippen LogP contribution in [-0.2, 0) is 14.3 Å². The maximum absolute atomic E-state index is 11.4. The lowest BCUT2D eigenvalue weighted by atomic mass is 10.0. The monoisotopic (exact) mass is 231 g/mol. The Hall–Kier alpha value is -0.610. The molecule has 0 saturated heterocycles. The highest BCUT2D eigenvalue weighted by molar-refractivity contribution is 5.75. The molecule has 0 bridgehead atoms. The van der Waals surface area contributed by atoms with Crippen molar-refractivity contribution in [2.75, 3.05) is 6.61 Å². The first kappa shape index (κ1) is 15.4. The summed E-state index contributed by atoms with van der Waals surface area (Å²) in [6.45, 7) is 10.3. The van der Waals surface area contributed by atoms with Crippen LogP contribution in [0, 0.1) is 5.92 Å². The van der Waals surface area contributed by atoms with Crippen LogP contribution >= 0.6 is 0 Å². The normalized spacial score (nSPS) is 16.9. The van der Waals surface area contributed by atoms with Gasteiger partial charge < -0.3 is 15.2 Å². The van der Waals surface area contributed by atoms with Crippen LogP contribution in [0.3, 0.4) is 0 Å². The Bertz CT molecular complexity index is 204. The van der Waals surface area contributed by atoms with Crippen LogP contribution in [0.4, 0.5) is 0 Å². The van der Waals surface area contributed by atoms with Gasteiger partial charge in [0.15, 0.2) is 0 Å². The molecule has 0 aromatic carbocycles. The van der Waals surface area contributed by atoms with E-state index in [-0.39, 0.29) is 24.1 Å². The fraction of sp³-hybridized carbons (Fsp3) is 0.917. The van der Waals surface area contributed by atoms with Gasteiger partial charge in [0.05, 0.1) is 6.10 Å². The largest absolute Gasteiger partial charge is 0.458 e. The second kappa shape index (κ2) is 7.63. The van der Waals surface area contributed by atoms with Crippen LogP contribution in [0.15, 0.2) is 0 Å². The summed E-state index contributed by atoms with van der Waals surface area (Å²) in [6.07, 6.45) is 0.629. The number of hydrogen-bond acceptors (Lipinski definition) is 4. The van der Waals surface area contributed by atoms with Gasteiger partial charge in [0, 0.05) is 6.61 Å². The predicted octanol–water partition coefficient (Wildman–Crippen LogP) is 1.72. The minimum atomic E-state index is -0.584. The maximum atomic E-state index is 11.4. The molecule has 0 radical (unpaired) electrons. The van der Waals surface area contributed by atoms with Gasteiger partial charge in [0.1, 0.15) is 12.1 Å². The van der Waals surface area contributed by atoms with E-state index in [1.165, 1.54) is 0 Å². The molecule has 4 heteroatoms. The molecule has 0 aliphatic rings. The Balaban J connectivity index is 4.31. The SMILES string of the molecule is CCCO[C@@H](C)[C@@H](OC(=O)[C@H](C)N)C(C)C. The van der Waals surface area contributed by atoms with Crippen molar-refractivity contribution in [2.24, 2.45) is 11.7 Å². The summed E-state index contributed by atoms with van der Waals surface area (Å²) in [7, 11) is 0. The van der Waals surface area contributed by atoms with Gasteiger partial charge in [0.2, 0.25) is 0 Å². The Morgan fingerprint density at radius 3 is 2.19 bits per heavy atom. The van der Waals surface area contributed by atoms with E-state index in [4.69, 9.17) is 15.2 Å². The van der Waals surface area contributed by atoms with E-state index in [2.05, 4.69) is 0 Å². The molecule has 0 spiro atoms. The van der Waals surface area contributed by atoms with Crippen molar-refractivity contribution in [1.29, 1.82) is 0 Å². The second-order valence-corrected chi connectivity index (χ2v) is 4.51. The summed E-state index contributed by atoms with van der Waals surface area (Å²) in [5, 5.41) is 0. The zero-order chi connectivity index (χ0) is 12.7. The van der Waals surface area contributed by atoms with Crippen LogP contribution in [0.5, 0.6) is 0 Å². The zero-order valence-electron chi connectivity index (χ0n) is 11.0. The van der Waals surface area contributed by atoms with E-state index in [0.29, 0.717) is 6.61 Å². The smallest absolute Gasteiger partial charge is 0.322 e. The van der Waals surface area contributed by atoms with Crippen LogP contribution in [0.1, 0.15) is 41.0 Å². The average molecular weight is 231 g/mol. The molecule has 0 aromatic heterocycles. The highest BCUT2D eigenvalue weighted by atomic mass is 16.6. The van der Waals surface area contributed by atoms with E-state index in [0.717, 1.165) is 6.42 Å². The lowest BCUT2D eigenvalue weighted by molar-refractivity contribution is -0.162. The lowest BCUT2D eigenvalue weighted by Gasteiger charge is -2.28. The minimum Gasteiger partial charge on any atom is -0.458 e. The van der Waals surface area contributed by atoms with E-state index in [9.17, 15) is 4.79 Å². The van der Waals surface area contributed by atoms with Gasteiger partial charge in [-0.2, -0.15) is 0 Å². The van der Waals surface area contributed by atoms with Crippen LogP contribution in [0.25, 0.3) is 0 Å². The van der Waals surface area contributed by atoms with Crippen molar-refractivity contribution in [3.8, 4) is 0 Å². The van der Waals surface area contributed by atoms with Crippen LogP contribution < -0.4 is 5.73 Å². The van der Waals surface area contributed by atoms with Gasteiger partial charge >= 0.3 is 5.97 Å². The number of esters is 1. The van der Waals surface area contributed by atoms with Crippen molar-refractivity contribution in [2.45, 2.75) is 59.3 Å². The number of hydrogen-bond donors (Lipinski definition) is 1. The molecule has 0 saturated carbocycles. The molecule has 4 nitrogen and oxygen atoms in total. The Kier molecular flexibility index (Phi) is 7.34. The first-order valence-corrected chi connectivity index (χ1v) is 5.97. The Morgan fingerprint density at radius 1 is 1.25 bits per heavy atom. The molecule has 0 unspecified atom stereocenters. The molecule has 0 aliphatic heterocycles. The summed E-state index contributed by atoms with van der Waals surface area (Å²) < 4.78 is 10.9. The molecule has 2 N–H and O–H groups in total. The van der Waals surface area contributed by atoms with Gasteiger partial charge in [-0.25, -0.2) is 0 Å². The van der Waals surface area contributed by atoms with E-state index in [1.807, 2.05) is 27.7 Å². The summed E-state index contributed by atoms with van der Waals surface area (Å²) in [5.41, 5.74) is 5.47. The number of carbonyl (C=O) groups is 1. The van der Waals surface area contributed by atoms with Crippen molar-refractivity contribution >= 4 is 5.97 Å². The highest BCUT2D eigenvalue weighted by Gasteiger charge is 2.26. The van der Waals surface area contributed by atoms with E-state index < -0.39 is 6.04 Å². The Labute approximate surface area is 98.5 Å². The molecule has 0 aromatic rings. The topological polar surface area (TPSA) is 61.5 Å². The van der Waals surface area contributed by atoms with Gasteiger partial charge in [-0.05, 0) is 26.2 Å². The first-order chi connectivity index (χ1) is 7.40. The molecule has 96 valence electrons. The number of ether oxygens (including phenoxy) is 2. The third-order valence-corrected chi connectivity index (χ3v) is 2.33. The molecule has 0 heterocycles. The number of nitrogens with two attached hydrogens (primary N) is 1. The molecule has 16 heavy (non-hydrogen) atoms. The van der Waals surface area contributed by atoms with Gasteiger partial charge in [-0.3, -0.25) is 4.79 Å². The van der Waals surface area contributed by atoms with E-state index >= 15 is 0 Å². The van der Waals surface area contributed by atoms with E-state index in [1.54, 1.807) is 6.92 Å². The van der Waals surface area contributed by atoms with Gasteiger partial charge in [-0.15, -0.1) is 0 Å². The van der Waals surface area contributed by atoms with Crippen LogP contribution in [-0.4, -0.2) is 30.8 Å². The summed E-state index contributed by atoms with van der Waals surface area (Å²) >= 11 is 0. The van der Waals surface area contributed by atoms with Crippen molar-refractivity contribution < 1.29 is 14.3 Å². The van der Waals surface area contributed by atoms with Crippen LogP contribution in [0.2, 0.25) is 0 Å². The van der Waals surface area contributed by atoms with Crippen molar-refractivity contribution in [3.05, 3.63) is 0 Å². The van der Waals surface area contributed by atoms with Crippen molar-refractivity contribution in [3.63, 3.8) is 0 Å². The summed E-state index contributed by atoms with van der Waals surface area (Å²) in [4.78, 5) is 11.4. The lowest BCUT2D eigenvalue weighted by Crippen LogP contribution is -2.40. The molecular weight excluding hydrogens is 206 g/mol. The fourth-order valence-corrected chi connectivity index (χ4v) is 1.41. The number of rotatable bonds is 7. The average Bonchev–Trinajstić information content (AvgIpc) is 2.21. The summed E-state index contributed by atoms with van der Waals surface area (Å²) in [5.74, 6) is -0.153. The number of carbonyl (C=O) groups excluding carboxylic acids is 1.